The second-order valence-corrected chi connectivity index (χ2v) is 8.09. The van der Waals surface area contributed by atoms with Gasteiger partial charge in [0.1, 0.15) is 0 Å². The predicted octanol–water partition coefficient (Wildman–Crippen LogP) is 8.59. The minimum atomic E-state index is 1.15. The molecule has 0 aromatic heterocycles. The van der Waals surface area contributed by atoms with E-state index in [0.29, 0.717) is 0 Å². The lowest BCUT2D eigenvalue weighted by Gasteiger charge is -2.27. The normalized spacial score (nSPS) is 10.9. The maximum Gasteiger partial charge on any atom is 0.0540 e. The van der Waals surface area contributed by atoms with Crippen molar-refractivity contribution in [3.8, 4) is 11.1 Å². The van der Waals surface area contributed by atoms with Gasteiger partial charge in [-0.1, -0.05) is 90.5 Å². The van der Waals surface area contributed by atoms with Crippen LogP contribution in [0.25, 0.3) is 21.9 Å². The van der Waals surface area contributed by atoms with Gasteiger partial charge in [-0.05, 0) is 66.3 Å². The van der Waals surface area contributed by atoms with Crippen molar-refractivity contribution in [2.75, 3.05) is 4.90 Å². The van der Waals surface area contributed by atoms with Crippen LogP contribution >= 0.6 is 0 Å². The molecule has 0 aliphatic rings. The highest BCUT2D eigenvalue weighted by molar-refractivity contribution is 5.99. The Morgan fingerprint density at radius 1 is 0.484 bits per heavy atom. The Hall–Kier alpha value is -3.84. The van der Waals surface area contributed by atoms with E-state index in [4.69, 9.17) is 0 Å². The number of hydrogen-bond acceptors (Lipinski definition) is 1. The van der Waals surface area contributed by atoms with E-state index in [0.717, 1.165) is 5.69 Å². The van der Waals surface area contributed by atoms with Gasteiger partial charge in [-0.15, -0.1) is 0 Å². The molecule has 0 saturated heterocycles. The van der Waals surface area contributed by atoms with E-state index in [2.05, 4.69) is 134 Å². The van der Waals surface area contributed by atoms with Gasteiger partial charge in [-0.25, -0.2) is 0 Å². The van der Waals surface area contributed by atoms with E-state index < -0.39 is 0 Å². The highest BCUT2D eigenvalue weighted by Crippen LogP contribution is 2.39. The average Bonchev–Trinajstić information content (AvgIpc) is 2.81. The predicted molar refractivity (Wildman–Crippen MR) is 134 cm³/mol. The van der Waals surface area contributed by atoms with Crippen LogP contribution in [0.4, 0.5) is 17.1 Å². The number of aryl methyl sites for hydroxylation is 2. The second kappa shape index (κ2) is 8.12. The molecule has 0 N–H and O–H groups in total. The van der Waals surface area contributed by atoms with E-state index in [-0.39, 0.29) is 0 Å². The molecular formula is C30H25N. The van der Waals surface area contributed by atoms with Crippen LogP contribution in [0.2, 0.25) is 0 Å². The quantitative estimate of drug-likeness (QED) is 0.292. The fourth-order valence-corrected chi connectivity index (χ4v) is 4.15. The number of hydrogen-bond donors (Lipinski definition) is 0. The molecule has 0 fully saturated rings. The molecule has 1 heteroatoms. The van der Waals surface area contributed by atoms with Crippen molar-refractivity contribution >= 4 is 27.8 Å². The molecule has 5 aromatic carbocycles. The first-order valence-corrected chi connectivity index (χ1v) is 10.7. The summed E-state index contributed by atoms with van der Waals surface area (Å²) in [7, 11) is 0. The molecule has 31 heavy (non-hydrogen) atoms. The van der Waals surface area contributed by atoms with Crippen LogP contribution in [0.1, 0.15) is 11.1 Å². The topological polar surface area (TPSA) is 3.24 Å². The zero-order valence-corrected chi connectivity index (χ0v) is 17.9. The highest BCUT2D eigenvalue weighted by atomic mass is 15.1. The summed E-state index contributed by atoms with van der Waals surface area (Å²) in [6, 6.07) is 41.4. The molecule has 150 valence electrons. The summed E-state index contributed by atoms with van der Waals surface area (Å²) in [6.07, 6.45) is 0. The van der Waals surface area contributed by atoms with Crippen molar-refractivity contribution in [1.82, 2.24) is 0 Å². The third-order valence-electron chi connectivity index (χ3n) is 5.78. The van der Waals surface area contributed by atoms with Gasteiger partial charge < -0.3 is 4.90 Å². The Kier molecular flexibility index (Phi) is 5.01. The van der Waals surface area contributed by atoms with Crippen LogP contribution in [0.3, 0.4) is 0 Å². The molecule has 0 spiro atoms. The summed E-state index contributed by atoms with van der Waals surface area (Å²) >= 11 is 0. The first-order chi connectivity index (χ1) is 15.2. The Balaban J connectivity index is 1.65. The lowest BCUT2D eigenvalue weighted by molar-refractivity contribution is 1.28. The molecule has 0 unspecified atom stereocenters. The van der Waals surface area contributed by atoms with E-state index in [1.165, 1.54) is 44.4 Å². The zero-order chi connectivity index (χ0) is 21.2. The van der Waals surface area contributed by atoms with Gasteiger partial charge in [0.25, 0.3) is 0 Å². The van der Waals surface area contributed by atoms with Crippen molar-refractivity contribution in [1.29, 1.82) is 0 Å². The van der Waals surface area contributed by atoms with Crippen LogP contribution in [0.15, 0.2) is 115 Å². The van der Waals surface area contributed by atoms with Crippen LogP contribution < -0.4 is 4.90 Å². The number of rotatable bonds is 4. The standard InChI is InChI=1S/C30H25N/c1-22-13-15-24(16-14-22)25-17-19-27(20-18-25)31(28-10-5-7-23(2)21-28)30-12-6-9-26-8-3-4-11-29(26)30/h3-21H,1-2H3. The van der Waals surface area contributed by atoms with Gasteiger partial charge in [0.2, 0.25) is 0 Å². The summed E-state index contributed by atoms with van der Waals surface area (Å²) in [6.45, 7) is 4.27. The van der Waals surface area contributed by atoms with Crippen LogP contribution in [-0.2, 0) is 0 Å². The van der Waals surface area contributed by atoms with E-state index in [9.17, 15) is 0 Å². The van der Waals surface area contributed by atoms with Crippen molar-refractivity contribution in [3.05, 3.63) is 126 Å². The number of nitrogens with zero attached hydrogens (tertiary/aromatic N) is 1. The van der Waals surface area contributed by atoms with Gasteiger partial charge in [-0.3, -0.25) is 0 Å². The molecule has 0 aliphatic heterocycles. The smallest absolute Gasteiger partial charge is 0.0540 e. The highest BCUT2D eigenvalue weighted by Gasteiger charge is 2.15. The Bertz CT molecular complexity index is 1330. The number of fused-ring (bicyclic) bond motifs is 1. The Labute approximate surface area is 184 Å². The molecule has 0 bridgehead atoms. The van der Waals surface area contributed by atoms with Gasteiger partial charge in [0, 0.05) is 16.8 Å². The summed E-state index contributed by atoms with van der Waals surface area (Å²) in [5.41, 5.74) is 8.50. The van der Waals surface area contributed by atoms with Crippen LogP contribution in [0, 0.1) is 13.8 Å². The lowest BCUT2D eigenvalue weighted by atomic mass is 10.0. The Morgan fingerprint density at radius 3 is 1.87 bits per heavy atom. The lowest BCUT2D eigenvalue weighted by Crippen LogP contribution is -2.10. The third-order valence-corrected chi connectivity index (χ3v) is 5.78. The molecule has 0 saturated carbocycles. The number of anilines is 3. The summed E-state index contributed by atoms with van der Waals surface area (Å²) in [5.74, 6) is 0. The first kappa shape index (κ1) is 19.1. The first-order valence-electron chi connectivity index (χ1n) is 10.7. The van der Waals surface area contributed by atoms with Crippen molar-refractivity contribution in [2.45, 2.75) is 13.8 Å². The third kappa shape index (κ3) is 3.83. The summed E-state index contributed by atoms with van der Waals surface area (Å²) < 4.78 is 0. The molecule has 5 aromatic rings. The van der Waals surface area contributed by atoms with Crippen LogP contribution in [0.5, 0.6) is 0 Å². The van der Waals surface area contributed by atoms with E-state index in [1.807, 2.05) is 0 Å². The zero-order valence-electron chi connectivity index (χ0n) is 17.9. The molecule has 0 radical (unpaired) electrons. The van der Waals surface area contributed by atoms with Gasteiger partial charge in [0.15, 0.2) is 0 Å². The molecule has 0 atom stereocenters. The van der Waals surface area contributed by atoms with E-state index >= 15 is 0 Å². The van der Waals surface area contributed by atoms with Gasteiger partial charge in [0.05, 0.1) is 5.69 Å². The molecular weight excluding hydrogens is 374 g/mol. The molecule has 0 amide bonds. The fourth-order valence-electron chi connectivity index (χ4n) is 4.15. The summed E-state index contributed by atoms with van der Waals surface area (Å²) in [4.78, 5) is 2.36. The average molecular weight is 400 g/mol. The molecule has 1 nitrogen and oxygen atoms in total. The number of benzene rings is 5. The fraction of sp³-hybridized carbons (Fsp3) is 0.0667. The van der Waals surface area contributed by atoms with Crippen LogP contribution in [-0.4, -0.2) is 0 Å². The Morgan fingerprint density at radius 2 is 1.13 bits per heavy atom. The maximum absolute atomic E-state index is 2.36. The maximum atomic E-state index is 2.36. The van der Waals surface area contributed by atoms with Crippen molar-refractivity contribution in [2.24, 2.45) is 0 Å². The molecule has 0 aliphatic carbocycles. The van der Waals surface area contributed by atoms with Gasteiger partial charge in [-0.2, -0.15) is 0 Å². The van der Waals surface area contributed by atoms with Crippen molar-refractivity contribution < 1.29 is 0 Å². The minimum absolute atomic E-state index is 1.15. The monoisotopic (exact) mass is 399 g/mol. The van der Waals surface area contributed by atoms with Gasteiger partial charge >= 0.3 is 0 Å². The largest absolute Gasteiger partial charge is 0.310 e. The molecule has 0 heterocycles. The SMILES string of the molecule is Cc1ccc(-c2ccc(N(c3cccc(C)c3)c3cccc4ccccc34)cc2)cc1. The second-order valence-electron chi connectivity index (χ2n) is 8.09. The van der Waals surface area contributed by atoms with Crippen molar-refractivity contribution in [3.63, 3.8) is 0 Å². The molecule has 5 rings (SSSR count). The summed E-state index contributed by atoms with van der Waals surface area (Å²) in [5, 5.41) is 2.49. The van der Waals surface area contributed by atoms with E-state index in [1.54, 1.807) is 0 Å². The minimum Gasteiger partial charge on any atom is -0.310 e.